The van der Waals surface area contributed by atoms with Gasteiger partial charge in [-0.05, 0) is 32.7 Å². The maximum absolute atomic E-state index is 5.60. The van der Waals surface area contributed by atoms with Crippen LogP contribution in [0, 0.1) is 6.92 Å². The Bertz CT molecular complexity index is 324. The molecule has 0 saturated carbocycles. The van der Waals surface area contributed by atoms with Crippen LogP contribution in [0.1, 0.15) is 31.5 Å². The van der Waals surface area contributed by atoms with E-state index in [1.165, 1.54) is 19.3 Å². The van der Waals surface area contributed by atoms with Crippen LogP contribution in [-0.2, 0) is 0 Å². The van der Waals surface area contributed by atoms with E-state index in [2.05, 4.69) is 15.3 Å². The van der Waals surface area contributed by atoms with E-state index in [0.29, 0.717) is 11.9 Å². The molecule has 0 radical (unpaired) electrons. The molecule has 1 aromatic heterocycles. The maximum Gasteiger partial charge on any atom is 0.216 e. The molecule has 4 nitrogen and oxygen atoms in total. The summed E-state index contributed by atoms with van der Waals surface area (Å²) < 4.78 is 5.60. The molecule has 4 heteroatoms. The molecule has 1 saturated heterocycles. The van der Waals surface area contributed by atoms with E-state index in [1.54, 1.807) is 12.3 Å². The Kier molecular flexibility index (Phi) is 4.10. The Morgan fingerprint density at radius 3 is 3.19 bits per heavy atom. The van der Waals surface area contributed by atoms with Crippen LogP contribution >= 0.6 is 0 Å². The predicted molar refractivity (Wildman–Crippen MR) is 62.5 cm³/mol. The second kappa shape index (κ2) is 5.80. The lowest BCUT2D eigenvalue weighted by Crippen LogP contribution is -2.35. The molecule has 1 aliphatic heterocycles. The Morgan fingerprint density at radius 1 is 1.50 bits per heavy atom. The number of nitrogens with one attached hydrogen (secondary N) is 1. The van der Waals surface area contributed by atoms with E-state index in [0.717, 1.165) is 25.4 Å². The van der Waals surface area contributed by atoms with Gasteiger partial charge in [0.25, 0.3) is 0 Å². The first-order chi connectivity index (χ1) is 7.84. The Hall–Kier alpha value is -1.16. The molecule has 88 valence electrons. The Labute approximate surface area is 96.4 Å². The number of ether oxygens (including phenoxy) is 1. The lowest BCUT2D eigenvalue weighted by atomic mass is 10.0. The minimum atomic E-state index is 0.622. The smallest absolute Gasteiger partial charge is 0.216 e. The van der Waals surface area contributed by atoms with Crippen molar-refractivity contribution in [3.05, 3.63) is 18.1 Å². The molecule has 1 atom stereocenters. The molecule has 0 aliphatic carbocycles. The number of aryl methyl sites for hydroxylation is 1. The Morgan fingerprint density at radius 2 is 2.44 bits per heavy atom. The number of hydrogen-bond donors (Lipinski definition) is 1. The largest absolute Gasteiger partial charge is 0.478 e. The average molecular weight is 221 g/mol. The molecule has 1 fully saturated rings. The van der Waals surface area contributed by atoms with Gasteiger partial charge < -0.3 is 10.1 Å². The molecular formula is C12H19N3O. The monoisotopic (exact) mass is 221 g/mol. The molecule has 0 spiro atoms. The summed E-state index contributed by atoms with van der Waals surface area (Å²) in [5.74, 6) is 1.44. The van der Waals surface area contributed by atoms with Crippen LogP contribution in [-0.4, -0.2) is 29.2 Å². The highest BCUT2D eigenvalue weighted by Crippen LogP contribution is 2.11. The van der Waals surface area contributed by atoms with E-state index in [9.17, 15) is 0 Å². The zero-order chi connectivity index (χ0) is 11.2. The van der Waals surface area contributed by atoms with Gasteiger partial charge in [-0.2, -0.15) is 4.98 Å². The van der Waals surface area contributed by atoms with E-state index >= 15 is 0 Å². The van der Waals surface area contributed by atoms with Gasteiger partial charge in [-0.15, -0.1) is 0 Å². The van der Waals surface area contributed by atoms with Crippen molar-refractivity contribution in [3.8, 4) is 5.88 Å². The van der Waals surface area contributed by atoms with Gasteiger partial charge in [0, 0.05) is 18.3 Å². The first-order valence-corrected chi connectivity index (χ1v) is 6.00. The zero-order valence-corrected chi connectivity index (χ0v) is 9.78. The maximum atomic E-state index is 5.60. The summed E-state index contributed by atoms with van der Waals surface area (Å²) in [6.45, 7) is 3.75. The van der Waals surface area contributed by atoms with Gasteiger partial charge in [0.15, 0.2) is 0 Å². The molecule has 1 N–H and O–H groups in total. The summed E-state index contributed by atoms with van der Waals surface area (Å²) >= 11 is 0. The van der Waals surface area contributed by atoms with E-state index < -0.39 is 0 Å². The molecule has 2 heterocycles. The van der Waals surface area contributed by atoms with Gasteiger partial charge in [-0.3, -0.25) is 0 Å². The van der Waals surface area contributed by atoms with E-state index in [-0.39, 0.29) is 0 Å². The number of hydrogen-bond acceptors (Lipinski definition) is 4. The van der Waals surface area contributed by atoms with Crippen molar-refractivity contribution in [2.24, 2.45) is 0 Å². The summed E-state index contributed by atoms with van der Waals surface area (Å²) in [6, 6.07) is 2.43. The molecular weight excluding hydrogens is 202 g/mol. The topological polar surface area (TPSA) is 47.0 Å². The van der Waals surface area contributed by atoms with E-state index in [4.69, 9.17) is 4.74 Å². The lowest BCUT2D eigenvalue weighted by molar-refractivity contribution is 0.260. The molecule has 1 aromatic rings. The summed E-state index contributed by atoms with van der Waals surface area (Å²) in [4.78, 5) is 8.24. The van der Waals surface area contributed by atoms with Crippen LogP contribution in [0.4, 0.5) is 0 Å². The lowest BCUT2D eigenvalue weighted by Gasteiger charge is -2.23. The Balaban J connectivity index is 1.71. The van der Waals surface area contributed by atoms with Crippen molar-refractivity contribution < 1.29 is 4.74 Å². The van der Waals surface area contributed by atoms with Crippen molar-refractivity contribution in [2.45, 2.75) is 38.6 Å². The van der Waals surface area contributed by atoms with Crippen LogP contribution in [0.15, 0.2) is 12.3 Å². The molecule has 2 rings (SSSR count). The third-order valence-electron chi connectivity index (χ3n) is 2.88. The highest BCUT2D eigenvalue weighted by Gasteiger charge is 2.12. The molecule has 16 heavy (non-hydrogen) atoms. The molecule has 0 aromatic carbocycles. The van der Waals surface area contributed by atoms with Crippen LogP contribution in [0.2, 0.25) is 0 Å². The van der Waals surface area contributed by atoms with Crippen LogP contribution in [0.25, 0.3) is 0 Å². The molecule has 1 aliphatic rings. The van der Waals surface area contributed by atoms with Crippen molar-refractivity contribution in [1.29, 1.82) is 0 Å². The average Bonchev–Trinajstić information content (AvgIpc) is 2.30. The first-order valence-electron chi connectivity index (χ1n) is 6.00. The van der Waals surface area contributed by atoms with Gasteiger partial charge in [-0.1, -0.05) is 6.42 Å². The fourth-order valence-corrected chi connectivity index (χ4v) is 1.99. The van der Waals surface area contributed by atoms with E-state index in [1.807, 2.05) is 6.92 Å². The van der Waals surface area contributed by atoms with Crippen molar-refractivity contribution >= 4 is 0 Å². The quantitative estimate of drug-likeness (QED) is 0.840. The first kappa shape index (κ1) is 11.3. The van der Waals surface area contributed by atoms with Crippen LogP contribution in [0.5, 0.6) is 5.88 Å². The van der Waals surface area contributed by atoms with Crippen molar-refractivity contribution in [2.75, 3.05) is 13.2 Å². The molecule has 1 unspecified atom stereocenters. The second-order valence-corrected chi connectivity index (χ2v) is 4.23. The van der Waals surface area contributed by atoms with Gasteiger partial charge in [0.05, 0.1) is 6.61 Å². The fourth-order valence-electron chi connectivity index (χ4n) is 1.99. The standard InChI is InChI=1S/C12H19N3O/c1-10-13-8-5-12(15-10)16-9-6-11-4-2-3-7-14-11/h5,8,11,14H,2-4,6-7,9H2,1H3. The van der Waals surface area contributed by atoms with Gasteiger partial charge in [-0.25, -0.2) is 4.98 Å². The minimum Gasteiger partial charge on any atom is -0.478 e. The number of piperidine rings is 1. The fraction of sp³-hybridized carbons (Fsp3) is 0.667. The minimum absolute atomic E-state index is 0.622. The zero-order valence-electron chi connectivity index (χ0n) is 9.78. The highest BCUT2D eigenvalue weighted by molar-refractivity contribution is 5.07. The summed E-state index contributed by atoms with van der Waals surface area (Å²) in [5.41, 5.74) is 0. The summed E-state index contributed by atoms with van der Waals surface area (Å²) in [6.07, 6.45) is 6.71. The predicted octanol–water partition coefficient (Wildman–Crippen LogP) is 1.70. The summed E-state index contributed by atoms with van der Waals surface area (Å²) in [7, 11) is 0. The SMILES string of the molecule is Cc1nccc(OCCC2CCCCN2)n1. The normalized spacial score (nSPS) is 20.7. The van der Waals surface area contributed by atoms with Gasteiger partial charge >= 0.3 is 0 Å². The third-order valence-corrected chi connectivity index (χ3v) is 2.88. The highest BCUT2D eigenvalue weighted by atomic mass is 16.5. The number of aromatic nitrogens is 2. The molecule has 0 amide bonds. The summed E-state index contributed by atoms with van der Waals surface area (Å²) in [5, 5.41) is 3.50. The second-order valence-electron chi connectivity index (χ2n) is 4.23. The number of nitrogens with zero attached hydrogens (tertiary/aromatic N) is 2. The van der Waals surface area contributed by atoms with Crippen LogP contribution < -0.4 is 10.1 Å². The van der Waals surface area contributed by atoms with Crippen molar-refractivity contribution in [3.63, 3.8) is 0 Å². The van der Waals surface area contributed by atoms with Gasteiger partial charge in [0.2, 0.25) is 5.88 Å². The van der Waals surface area contributed by atoms with Crippen LogP contribution in [0.3, 0.4) is 0 Å². The third kappa shape index (κ3) is 3.45. The number of rotatable bonds is 4. The molecule has 0 bridgehead atoms. The van der Waals surface area contributed by atoms with Gasteiger partial charge in [0.1, 0.15) is 5.82 Å². The van der Waals surface area contributed by atoms with Crippen molar-refractivity contribution in [1.82, 2.24) is 15.3 Å².